The third-order valence-corrected chi connectivity index (χ3v) is 4.54. The smallest absolute Gasteiger partial charge is 0.165 e. The summed E-state index contributed by atoms with van der Waals surface area (Å²) < 4.78 is 6.57. The van der Waals surface area contributed by atoms with Crippen LogP contribution >= 0.6 is 15.9 Å². The van der Waals surface area contributed by atoms with Gasteiger partial charge in [0.25, 0.3) is 0 Å². The van der Waals surface area contributed by atoms with Crippen molar-refractivity contribution in [2.45, 2.75) is 38.8 Å². The Morgan fingerprint density at radius 1 is 1.45 bits per heavy atom. The minimum atomic E-state index is 0.200. The molecule has 0 aromatic heterocycles. The van der Waals surface area contributed by atoms with E-state index in [2.05, 4.69) is 34.7 Å². The Labute approximate surface area is 129 Å². The Morgan fingerprint density at radius 3 is 2.90 bits per heavy atom. The highest BCUT2D eigenvalue weighted by molar-refractivity contribution is 9.10. The van der Waals surface area contributed by atoms with E-state index < -0.39 is 0 Å². The number of carbonyl (C=O) groups is 1. The second-order valence-corrected chi connectivity index (χ2v) is 6.21. The first-order chi connectivity index (χ1) is 9.61. The molecule has 1 aromatic rings. The molecule has 2 unspecified atom stereocenters. The van der Waals surface area contributed by atoms with E-state index in [0.717, 1.165) is 36.2 Å². The van der Waals surface area contributed by atoms with Crippen LogP contribution in [0.25, 0.3) is 0 Å². The maximum absolute atomic E-state index is 12.3. The number of benzene rings is 1. The fraction of sp³-hybridized carbons (Fsp3) is 0.562. The van der Waals surface area contributed by atoms with Crippen molar-refractivity contribution in [1.82, 2.24) is 4.90 Å². The van der Waals surface area contributed by atoms with Crippen molar-refractivity contribution in [1.29, 1.82) is 0 Å². The molecule has 1 fully saturated rings. The Hall–Kier alpha value is -0.710. The van der Waals surface area contributed by atoms with E-state index in [0.29, 0.717) is 12.5 Å². The van der Waals surface area contributed by atoms with Crippen molar-refractivity contribution >= 4 is 21.7 Å². The summed E-state index contributed by atoms with van der Waals surface area (Å²) in [6.07, 6.45) is 1.89. The molecule has 110 valence electrons. The van der Waals surface area contributed by atoms with Gasteiger partial charge in [-0.3, -0.25) is 9.69 Å². The standard InChI is InChI=1S/C16H22BrNO2/c1-3-13-11-20-12(2)10-18(13)9-8-16(19)14-6-4-5-7-15(14)17/h4-7,12-13H,3,8-11H2,1-2H3. The lowest BCUT2D eigenvalue weighted by atomic mass is 10.1. The topological polar surface area (TPSA) is 29.5 Å². The van der Waals surface area contributed by atoms with Gasteiger partial charge in [0, 0.05) is 35.6 Å². The minimum Gasteiger partial charge on any atom is -0.376 e. The number of ketones is 1. The predicted molar refractivity (Wildman–Crippen MR) is 84.2 cm³/mol. The maximum atomic E-state index is 12.3. The molecule has 1 aliphatic rings. The average molecular weight is 340 g/mol. The summed E-state index contributed by atoms with van der Waals surface area (Å²) in [5.41, 5.74) is 0.779. The fourth-order valence-corrected chi connectivity index (χ4v) is 3.14. The van der Waals surface area contributed by atoms with Gasteiger partial charge in [0.1, 0.15) is 0 Å². The highest BCUT2D eigenvalue weighted by Gasteiger charge is 2.25. The van der Waals surface area contributed by atoms with Crippen LogP contribution in [-0.4, -0.2) is 42.5 Å². The van der Waals surface area contributed by atoms with E-state index in [1.54, 1.807) is 0 Å². The quantitative estimate of drug-likeness (QED) is 0.768. The van der Waals surface area contributed by atoms with Crippen LogP contribution in [0.15, 0.2) is 28.7 Å². The van der Waals surface area contributed by atoms with Gasteiger partial charge in [-0.1, -0.05) is 41.1 Å². The number of nitrogens with zero attached hydrogens (tertiary/aromatic N) is 1. The largest absolute Gasteiger partial charge is 0.376 e. The fourth-order valence-electron chi connectivity index (χ4n) is 2.63. The summed E-state index contributed by atoms with van der Waals surface area (Å²) in [4.78, 5) is 14.7. The van der Waals surface area contributed by atoms with E-state index in [1.165, 1.54) is 0 Å². The Kier molecular flexibility index (Phi) is 5.75. The molecule has 1 aromatic carbocycles. The normalized spacial score (nSPS) is 23.8. The molecule has 0 radical (unpaired) electrons. The van der Waals surface area contributed by atoms with Gasteiger partial charge in [-0.15, -0.1) is 0 Å². The van der Waals surface area contributed by atoms with Crippen molar-refractivity contribution in [2.75, 3.05) is 19.7 Å². The molecule has 0 aliphatic carbocycles. The first-order valence-corrected chi connectivity index (χ1v) is 8.04. The van der Waals surface area contributed by atoms with Gasteiger partial charge in [0.15, 0.2) is 5.78 Å². The summed E-state index contributed by atoms with van der Waals surface area (Å²) >= 11 is 3.44. The van der Waals surface area contributed by atoms with Crippen LogP contribution in [0.1, 0.15) is 37.0 Å². The predicted octanol–water partition coefficient (Wildman–Crippen LogP) is 3.52. The van der Waals surface area contributed by atoms with Crippen LogP contribution in [0.2, 0.25) is 0 Å². The van der Waals surface area contributed by atoms with Crippen molar-refractivity contribution in [3.8, 4) is 0 Å². The Balaban J connectivity index is 1.93. The van der Waals surface area contributed by atoms with Gasteiger partial charge >= 0.3 is 0 Å². The van der Waals surface area contributed by atoms with Crippen LogP contribution in [0.5, 0.6) is 0 Å². The second kappa shape index (κ2) is 7.34. The molecule has 2 rings (SSSR count). The van der Waals surface area contributed by atoms with Crippen molar-refractivity contribution in [2.24, 2.45) is 0 Å². The Bertz CT molecular complexity index is 464. The summed E-state index contributed by atoms with van der Waals surface area (Å²) in [5.74, 6) is 0.200. The zero-order valence-electron chi connectivity index (χ0n) is 12.1. The summed E-state index contributed by atoms with van der Waals surface area (Å²) in [5, 5.41) is 0. The third kappa shape index (κ3) is 3.90. The van der Waals surface area contributed by atoms with Crippen LogP contribution < -0.4 is 0 Å². The molecule has 3 nitrogen and oxygen atoms in total. The van der Waals surface area contributed by atoms with Crippen LogP contribution in [0.4, 0.5) is 0 Å². The van der Waals surface area contributed by atoms with E-state index >= 15 is 0 Å². The number of hydrogen-bond acceptors (Lipinski definition) is 3. The molecular formula is C16H22BrNO2. The number of ether oxygens (including phenoxy) is 1. The highest BCUT2D eigenvalue weighted by Crippen LogP contribution is 2.19. The van der Waals surface area contributed by atoms with Gasteiger partial charge in [-0.25, -0.2) is 0 Å². The summed E-state index contributed by atoms with van der Waals surface area (Å²) in [6, 6.07) is 8.07. The first kappa shape index (κ1) is 15.7. The molecule has 0 bridgehead atoms. The highest BCUT2D eigenvalue weighted by atomic mass is 79.9. The third-order valence-electron chi connectivity index (χ3n) is 3.85. The van der Waals surface area contributed by atoms with E-state index in [9.17, 15) is 4.79 Å². The molecule has 0 spiro atoms. The van der Waals surface area contributed by atoms with E-state index in [4.69, 9.17) is 4.74 Å². The lowest BCUT2D eigenvalue weighted by molar-refractivity contribution is -0.0553. The van der Waals surface area contributed by atoms with E-state index in [-0.39, 0.29) is 11.9 Å². The van der Waals surface area contributed by atoms with Crippen molar-refractivity contribution in [3.05, 3.63) is 34.3 Å². The molecule has 0 saturated carbocycles. The second-order valence-electron chi connectivity index (χ2n) is 5.35. The number of rotatable bonds is 5. The number of hydrogen-bond donors (Lipinski definition) is 0. The maximum Gasteiger partial charge on any atom is 0.165 e. The molecule has 0 N–H and O–H groups in total. The first-order valence-electron chi connectivity index (χ1n) is 7.25. The van der Waals surface area contributed by atoms with Gasteiger partial charge in [-0.2, -0.15) is 0 Å². The molecule has 20 heavy (non-hydrogen) atoms. The number of carbonyl (C=O) groups excluding carboxylic acids is 1. The molecule has 1 saturated heterocycles. The number of Topliss-reactive ketones (excluding diaryl/α,β-unsaturated/α-hetero) is 1. The van der Waals surface area contributed by atoms with Crippen LogP contribution in [0.3, 0.4) is 0 Å². The molecule has 4 heteroatoms. The average Bonchev–Trinajstić information content (AvgIpc) is 2.45. The zero-order valence-corrected chi connectivity index (χ0v) is 13.7. The van der Waals surface area contributed by atoms with Crippen LogP contribution in [-0.2, 0) is 4.74 Å². The Morgan fingerprint density at radius 2 is 2.20 bits per heavy atom. The number of halogens is 1. The van der Waals surface area contributed by atoms with Gasteiger partial charge < -0.3 is 4.74 Å². The lowest BCUT2D eigenvalue weighted by Gasteiger charge is -2.38. The molecular weight excluding hydrogens is 318 g/mol. The van der Waals surface area contributed by atoms with Crippen molar-refractivity contribution in [3.63, 3.8) is 0 Å². The van der Waals surface area contributed by atoms with Crippen molar-refractivity contribution < 1.29 is 9.53 Å². The van der Waals surface area contributed by atoms with Crippen LogP contribution in [0, 0.1) is 0 Å². The van der Waals surface area contributed by atoms with E-state index in [1.807, 2.05) is 24.3 Å². The SMILES string of the molecule is CCC1COC(C)CN1CCC(=O)c1ccccc1Br. The minimum absolute atomic E-state index is 0.200. The number of morpholine rings is 1. The molecule has 1 heterocycles. The lowest BCUT2D eigenvalue weighted by Crippen LogP contribution is -2.49. The van der Waals surface area contributed by atoms with Gasteiger partial charge in [-0.05, 0) is 19.4 Å². The molecule has 1 aliphatic heterocycles. The summed E-state index contributed by atoms with van der Waals surface area (Å²) in [7, 11) is 0. The van der Waals surface area contributed by atoms with Gasteiger partial charge in [0.2, 0.25) is 0 Å². The van der Waals surface area contributed by atoms with Gasteiger partial charge in [0.05, 0.1) is 12.7 Å². The molecule has 2 atom stereocenters. The monoisotopic (exact) mass is 339 g/mol. The molecule has 0 amide bonds. The zero-order chi connectivity index (χ0) is 14.5. The summed E-state index contributed by atoms with van der Waals surface area (Å²) in [6.45, 7) is 6.77.